The van der Waals surface area contributed by atoms with Crippen molar-refractivity contribution in [3.05, 3.63) is 24.3 Å². The molecule has 3 aliphatic heterocycles. The van der Waals surface area contributed by atoms with Gasteiger partial charge in [0.2, 0.25) is 0 Å². The molecule has 0 radical (unpaired) electrons. The van der Waals surface area contributed by atoms with Gasteiger partial charge in [-0.2, -0.15) is 0 Å². The Labute approximate surface area is 392 Å². The molecule has 0 aromatic heterocycles. The molecule has 13 atom stereocenters. The summed E-state index contributed by atoms with van der Waals surface area (Å²) in [5, 5.41) is 11.9. The Hall–Kier alpha value is 0.581. The molecule has 61 heavy (non-hydrogen) atoms. The van der Waals surface area contributed by atoms with Crippen molar-refractivity contribution in [2.24, 2.45) is 23.7 Å². The molecule has 1 saturated carbocycles. The van der Waals surface area contributed by atoms with Crippen LogP contribution in [0.2, 0.25) is 54.4 Å². The Morgan fingerprint density at radius 3 is 1.98 bits per heavy atom. The van der Waals surface area contributed by atoms with Gasteiger partial charge in [-0.05, 0) is 125 Å². The highest BCUT2D eigenvalue weighted by molar-refractivity contribution is 14.1. The van der Waals surface area contributed by atoms with Crippen molar-refractivity contribution in [3.63, 3.8) is 0 Å². The van der Waals surface area contributed by atoms with Crippen molar-refractivity contribution >= 4 is 47.5 Å². The van der Waals surface area contributed by atoms with Crippen LogP contribution >= 0.6 is 22.6 Å². The van der Waals surface area contributed by atoms with Crippen LogP contribution in [0.4, 0.5) is 0 Å². The number of aliphatic hydroxyl groups excluding tert-OH is 1. The highest BCUT2D eigenvalue weighted by Crippen LogP contribution is 2.51. The maximum absolute atomic E-state index is 11.8. The topological polar surface area (TPSA) is 75.6 Å². The van der Waals surface area contributed by atoms with E-state index < -0.39 is 31.1 Å². The fourth-order valence-electron chi connectivity index (χ4n) is 9.42. The number of ether oxygens (including phenoxy) is 3. The second kappa shape index (κ2) is 20.8. The van der Waals surface area contributed by atoms with Gasteiger partial charge in [0, 0.05) is 29.3 Å². The third-order valence-corrected chi connectivity index (χ3v) is 31.5. The quantitative estimate of drug-likeness (QED) is 0.0634. The molecule has 0 aromatic rings. The molecule has 0 aromatic carbocycles. The third kappa shape index (κ3) is 13.4. The lowest BCUT2D eigenvalue weighted by molar-refractivity contribution is -0.175. The molecule has 0 spiro atoms. The first-order chi connectivity index (χ1) is 27.9. The summed E-state index contributed by atoms with van der Waals surface area (Å²) >= 11 is 2.51. The van der Waals surface area contributed by atoms with Gasteiger partial charge in [0.05, 0.1) is 48.8 Å². The molecule has 4 rings (SSSR count). The van der Waals surface area contributed by atoms with E-state index in [2.05, 4.69) is 158 Å². The van der Waals surface area contributed by atoms with E-state index in [1.807, 2.05) is 6.08 Å². The number of hydrogen-bond donors (Lipinski definition) is 1. The lowest BCUT2D eigenvalue weighted by Gasteiger charge is -2.56. The lowest BCUT2D eigenvalue weighted by Crippen LogP contribution is -2.64. The zero-order valence-electron chi connectivity index (χ0n) is 42.5. The summed E-state index contributed by atoms with van der Waals surface area (Å²) < 4.78 is 44.6. The first kappa shape index (κ1) is 54.2. The van der Waals surface area contributed by atoms with Crippen LogP contribution in [0.25, 0.3) is 0 Å². The van der Waals surface area contributed by atoms with Gasteiger partial charge < -0.3 is 32.6 Å². The molecule has 356 valence electrons. The van der Waals surface area contributed by atoms with Crippen LogP contribution in [-0.4, -0.2) is 95.5 Å². The number of allylic oxidation sites excluding steroid dienone is 1. The minimum atomic E-state index is -2.30. The normalized spacial score (nSPS) is 33.6. The molecule has 11 heteroatoms. The van der Waals surface area contributed by atoms with Gasteiger partial charge in [0.25, 0.3) is 0 Å². The van der Waals surface area contributed by atoms with Gasteiger partial charge in [-0.3, -0.25) is 0 Å². The highest BCUT2D eigenvalue weighted by atomic mass is 127. The van der Waals surface area contributed by atoms with Crippen molar-refractivity contribution < 1.29 is 32.6 Å². The molecule has 3 saturated heterocycles. The Morgan fingerprint density at radius 1 is 0.852 bits per heavy atom. The number of rotatable bonds is 18. The smallest absolute Gasteiger partial charge is 0.192 e. The maximum Gasteiger partial charge on any atom is 0.192 e. The lowest BCUT2D eigenvalue weighted by atomic mass is 9.69. The molecule has 7 nitrogen and oxygen atoms in total. The van der Waals surface area contributed by atoms with Crippen LogP contribution in [-0.2, 0) is 27.5 Å². The number of fused-ring (bicyclic) bond motifs is 2. The van der Waals surface area contributed by atoms with E-state index in [1.54, 1.807) is 0 Å². The first-order valence-electron chi connectivity index (χ1n) is 24.4. The summed E-state index contributed by atoms with van der Waals surface area (Å²) in [5.74, 6) is 1.26. The number of aliphatic hydroxyl groups is 1. The van der Waals surface area contributed by atoms with E-state index >= 15 is 0 Å². The zero-order valence-corrected chi connectivity index (χ0v) is 47.7. The van der Waals surface area contributed by atoms with E-state index in [9.17, 15) is 5.11 Å². The minimum Gasteiger partial charge on any atom is -0.411 e. The first-order valence-corrected chi connectivity index (χ1v) is 34.7. The standard InChI is InChI=1S/C50H95IO7Si3/c1-20-21-36-29-40-43(53-32-36)30-41(46(58-61(18,19)49(11,12)13)45(40)57-60(16,17)48(8,9)10)42(56-59(14,15)47(5,6)7)26-23-37(52)22-24-39-31-50(33-51)44(54-39)27-25-38(55-50)28-35(4)34(2)3/h23,26,35-46,52H,2,20-22,24-25,27-33H2,1,3-19H3/b26-23+/t35-,36-,37?,38-,39+,40+,41+,42+,43-,44+,45+,46-,50-/m1/s1. The predicted molar refractivity (Wildman–Crippen MR) is 273 cm³/mol. The summed E-state index contributed by atoms with van der Waals surface area (Å²) in [4.78, 5) is 0. The number of halogens is 1. The Balaban J connectivity index is 1.68. The highest BCUT2D eigenvalue weighted by Gasteiger charge is 2.57. The van der Waals surface area contributed by atoms with Gasteiger partial charge in [0.15, 0.2) is 25.0 Å². The van der Waals surface area contributed by atoms with E-state index in [0.717, 1.165) is 62.4 Å². The maximum atomic E-state index is 11.8. The molecule has 3 heterocycles. The summed E-state index contributed by atoms with van der Waals surface area (Å²) in [6, 6.07) is 0. The molecule has 4 fully saturated rings. The van der Waals surface area contributed by atoms with E-state index in [0.29, 0.717) is 18.3 Å². The summed E-state index contributed by atoms with van der Waals surface area (Å²) in [6.07, 6.45) is 13.4. The van der Waals surface area contributed by atoms with Crippen molar-refractivity contribution in [1.82, 2.24) is 0 Å². The molecular formula is C50H95IO7Si3. The second-order valence-electron chi connectivity index (χ2n) is 24.8. The average Bonchev–Trinajstić information content (AvgIpc) is 3.50. The Kier molecular flexibility index (Phi) is 18.5. The van der Waals surface area contributed by atoms with Crippen molar-refractivity contribution in [1.29, 1.82) is 0 Å². The largest absolute Gasteiger partial charge is 0.411 e. The molecule has 1 N–H and O–H groups in total. The number of hydrogen-bond acceptors (Lipinski definition) is 7. The fourth-order valence-corrected chi connectivity index (χ4v) is 14.4. The molecule has 0 bridgehead atoms. The van der Waals surface area contributed by atoms with Crippen molar-refractivity contribution in [3.8, 4) is 0 Å². The monoisotopic (exact) mass is 1020 g/mol. The second-order valence-corrected chi connectivity index (χ2v) is 39.9. The Bertz CT molecular complexity index is 1450. The predicted octanol–water partition coefficient (Wildman–Crippen LogP) is 13.8. The number of alkyl halides is 1. The summed E-state index contributed by atoms with van der Waals surface area (Å²) in [5.41, 5.74) is 0.979. The van der Waals surface area contributed by atoms with Crippen LogP contribution in [0.15, 0.2) is 24.3 Å². The van der Waals surface area contributed by atoms with E-state index in [1.165, 1.54) is 12.0 Å². The SMILES string of the molecule is C=C(C)[C@H](C)C[C@H]1CC[C@@H]2O[C@@H](CCC(O)/C=C/[C@H](O[Si](C)(C)C(C)(C)C)[C@@H]3C[C@H]4OC[C@H](CCC)C[C@@H]4[C@H](O[Si](C)(C)C(C)(C)C)[C@@H]3O[Si](C)(C)C(C)(C)C)C[C@]2(CI)O1. The van der Waals surface area contributed by atoms with Crippen LogP contribution in [0.5, 0.6) is 0 Å². The van der Waals surface area contributed by atoms with Gasteiger partial charge >= 0.3 is 0 Å². The molecule has 1 aliphatic carbocycles. The molecule has 1 unspecified atom stereocenters. The van der Waals surface area contributed by atoms with Crippen LogP contribution < -0.4 is 0 Å². The van der Waals surface area contributed by atoms with Gasteiger partial charge in [-0.15, -0.1) is 0 Å². The van der Waals surface area contributed by atoms with Gasteiger partial charge in [-0.1, -0.05) is 129 Å². The summed E-state index contributed by atoms with van der Waals surface area (Å²) in [6.45, 7) is 47.1. The van der Waals surface area contributed by atoms with E-state index in [-0.39, 0.29) is 75.3 Å². The van der Waals surface area contributed by atoms with Crippen LogP contribution in [0, 0.1) is 23.7 Å². The third-order valence-electron chi connectivity index (χ3n) is 16.8. The average molecular weight is 1020 g/mol. The molecular weight excluding hydrogens is 924 g/mol. The van der Waals surface area contributed by atoms with Crippen molar-refractivity contribution in [2.45, 2.75) is 256 Å². The Morgan fingerprint density at radius 2 is 1.44 bits per heavy atom. The fraction of sp³-hybridized carbons (Fsp3) is 0.920. The van der Waals surface area contributed by atoms with E-state index in [4.69, 9.17) is 27.5 Å². The van der Waals surface area contributed by atoms with Crippen LogP contribution in [0.1, 0.15) is 147 Å². The van der Waals surface area contributed by atoms with Crippen LogP contribution in [0.3, 0.4) is 0 Å². The molecule has 0 amide bonds. The summed E-state index contributed by atoms with van der Waals surface area (Å²) in [7, 11) is -6.83. The zero-order chi connectivity index (χ0) is 46.1. The van der Waals surface area contributed by atoms with Crippen molar-refractivity contribution in [2.75, 3.05) is 11.0 Å². The van der Waals surface area contributed by atoms with Gasteiger partial charge in [-0.25, -0.2) is 0 Å². The minimum absolute atomic E-state index is 0.00525. The molecule has 4 aliphatic rings. The van der Waals surface area contributed by atoms with Gasteiger partial charge in [0.1, 0.15) is 5.60 Å².